The number of hydrogen-bond acceptors (Lipinski definition) is 2. The van der Waals surface area contributed by atoms with Gasteiger partial charge in [-0.3, -0.25) is 4.79 Å². The molecule has 0 amide bonds. The first-order chi connectivity index (χ1) is 6.59. The van der Waals surface area contributed by atoms with Crippen molar-refractivity contribution in [3.8, 4) is 0 Å². The van der Waals surface area contributed by atoms with Crippen LogP contribution in [0.5, 0.6) is 0 Å². The van der Waals surface area contributed by atoms with Crippen LogP contribution in [0.25, 0.3) is 0 Å². The molecule has 1 aromatic heterocycles. The Morgan fingerprint density at radius 1 is 1.43 bits per heavy atom. The summed E-state index contributed by atoms with van der Waals surface area (Å²) >= 11 is 0. The molecule has 76 valence electrons. The average molecular weight is 200 g/mol. The Labute approximate surface area is 79.1 Å². The van der Waals surface area contributed by atoms with Crippen LogP contribution < -0.4 is 10.9 Å². The highest BCUT2D eigenvalue weighted by Crippen LogP contribution is 2.35. The van der Waals surface area contributed by atoms with Crippen LogP contribution in [0.1, 0.15) is 11.5 Å². The van der Waals surface area contributed by atoms with E-state index in [2.05, 4.69) is 10.3 Å². The zero-order chi connectivity index (χ0) is 10.2. The summed E-state index contributed by atoms with van der Waals surface area (Å²) in [7, 11) is 0. The fourth-order valence-electron chi connectivity index (χ4n) is 1.66. The van der Waals surface area contributed by atoms with E-state index in [-0.39, 0.29) is 18.6 Å². The van der Waals surface area contributed by atoms with Crippen LogP contribution >= 0.6 is 0 Å². The second kappa shape index (κ2) is 3.16. The van der Waals surface area contributed by atoms with Crippen molar-refractivity contribution in [2.24, 2.45) is 0 Å². The van der Waals surface area contributed by atoms with Gasteiger partial charge in [0.25, 0.3) is 5.92 Å². The van der Waals surface area contributed by atoms with Gasteiger partial charge in [0.15, 0.2) is 0 Å². The maximum Gasteiger partial charge on any atom is 0.268 e. The second-order valence-corrected chi connectivity index (χ2v) is 3.43. The Bertz CT molecular complexity index is 368. The Morgan fingerprint density at radius 3 is 2.71 bits per heavy atom. The predicted molar refractivity (Wildman–Crippen MR) is 47.6 cm³/mol. The highest BCUT2D eigenvalue weighted by atomic mass is 19.3. The van der Waals surface area contributed by atoms with E-state index in [1.54, 1.807) is 0 Å². The quantitative estimate of drug-likeness (QED) is 0.700. The van der Waals surface area contributed by atoms with E-state index >= 15 is 0 Å². The number of halogens is 2. The van der Waals surface area contributed by atoms with Gasteiger partial charge in [0.05, 0.1) is 12.5 Å². The number of nitrogens with one attached hydrogen (secondary N) is 2. The van der Waals surface area contributed by atoms with Gasteiger partial charge >= 0.3 is 0 Å². The molecule has 2 N–H and O–H groups in total. The third kappa shape index (κ3) is 1.55. The Hall–Kier alpha value is -1.23. The molecule has 0 saturated carbocycles. The van der Waals surface area contributed by atoms with Crippen molar-refractivity contribution < 1.29 is 8.78 Å². The number of alkyl halides is 2. The Kier molecular flexibility index (Phi) is 2.11. The molecule has 1 saturated heterocycles. The SMILES string of the molecule is O=c1ccc(C2CNCC2(F)F)c[nH]1. The van der Waals surface area contributed by atoms with E-state index in [4.69, 9.17) is 0 Å². The lowest BCUT2D eigenvalue weighted by Crippen LogP contribution is -2.25. The van der Waals surface area contributed by atoms with Gasteiger partial charge in [-0.05, 0) is 5.56 Å². The topological polar surface area (TPSA) is 44.9 Å². The third-order valence-electron chi connectivity index (χ3n) is 2.43. The van der Waals surface area contributed by atoms with Crippen molar-refractivity contribution in [1.29, 1.82) is 0 Å². The van der Waals surface area contributed by atoms with Crippen LogP contribution in [0.2, 0.25) is 0 Å². The Balaban J connectivity index is 2.31. The molecule has 14 heavy (non-hydrogen) atoms. The fourth-order valence-corrected chi connectivity index (χ4v) is 1.66. The summed E-state index contributed by atoms with van der Waals surface area (Å²) in [6.07, 6.45) is 1.36. The molecule has 1 atom stereocenters. The number of pyridine rings is 1. The highest BCUT2D eigenvalue weighted by Gasteiger charge is 2.44. The normalized spacial score (nSPS) is 25.1. The van der Waals surface area contributed by atoms with Crippen molar-refractivity contribution in [1.82, 2.24) is 10.3 Å². The minimum Gasteiger partial charge on any atom is -0.329 e. The molecule has 1 aromatic rings. The van der Waals surface area contributed by atoms with Crippen molar-refractivity contribution in [2.75, 3.05) is 13.1 Å². The van der Waals surface area contributed by atoms with Gasteiger partial charge in [0.2, 0.25) is 5.56 Å². The summed E-state index contributed by atoms with van der Waals surface area (Å²) in [6.45, 7) is -0.0458. The number of aromatic nitrogens is 1. The summed E-state index contributed by atoms with van der Waals surface area (Å²) in [5.74, 6) is -3.56. The highest BCUT2D eigenvalue weighted by molar-refractivity contribution is 5.20. The third-order valence-corrected chi connectivity index (χ3v) is 2.43. The molecule has 1 aliphatic heterocycles. The predicted octanol–water partition coefficient (Wildman–Crippen LogP) is 0.697. The average Bonchev–Trinajstić information content (AvgIpc) is 2.47. The molecule has 0 aliphatic carbocycles. The van der Waals surface area contributed by atoms with Gasteiger partial charge in [-0.25, -0.2) is 8.78 Å². The molecule has 0 bridgehead atoms. The van der Waals surface area contributed by atoms with Gasteiger partial charge in [-0.15, -0.1) is 0 Å². The fraction of sp³-hybridized carbons (Fsp3) is 0.444. The van der Waals surface area contributed by atoms with E-state index in [1.807, 2.05) is 0 Å². The van der Waals surface area contributed by atoms with Crippen LogP contribution in [0.4, 0.5) is 8.78 Å². The molecule has 2 heterocycles. The maximum atomic E-state index is 13.2. The monoisotopic (exact) mass is 200 g/mol. The van der Waals surface area contributed by atoms with Crippen molar-refractivity contribution in [2.45, 2.75) is 11.8 Å². The second-order valence-electron chi connectivity index (χ2n) is 3.43. The van der Waals surface area contributed by atoms with Crippen LogP contribution in [-0.2, 0) is 0 Å². The first-order valence-corrected chi connectivity index (χ1v) is 4.37. The molecule has 5 heteroatoms. The standard InChI is InChI=1S/C9H10F2N2O/c10-9(11)5-12-4-7(9)6-1-2-8(14)13-3-6/h1-3,7,12H,4-5H2,(H,13,14). The summed E-state index contributed by atoms with van der Waals surface area (Å²) < 4.78 is 26.5. The smallest absolute Gasteiger partial charge is 0.268 e. The van der Waals surface area contributed by atoms with E-state index in [9.17, 15) is 13.6 Å². The van der Waals surface area contributed by atoms with Gasteiger partial charge in [0.1, 0.15) is 0 Å². The van der Waals surface area contributed by atoms with E-state index in [0.717, 1.165) is 0 Å². The molecular formula is C9H10F2N2O. The van der Waals surface area contributed by atoms with Crippen LogP contribution in [0.15, 0.2) is 23.1 Å². The molecule has 0 radical (unpaired) electrons. The van der Waals surface area contributed by atoms with E-state index in [1.165, 1.54) is 18.3 Å². The molecule has 0 aromatic carbocycles. The molecule has 1 unspecified atom stereocenters. The lowest BCUT2D eigenvalue weighted by Gasteiger charge is -2.17. The number of rotatable bonds is 1. The lowest BCUT2D eigenvalue weighted by molar-refractivity contribution is 0.00568. The van der Waals surface area contributed by atoms with Crippen LogP contribution in [0, 0.1) is 0 Å². The van der Waals surface area contributed by atoms with Gasteiger partial charge in [0, 0.05) is 18.8 Å². The minimum absolute atomic E-state index is 0.249. The van der Waals surface area contributed by atoms with Gasteiger partial charge in [-0.2, -0.15) is 0 Å². The minimum atomic E-state index is -2.72. The van der Waals surface area contributed by atoms with Crippen LogP contribution in [-0.4, -0.2) is 24.0 Å². The summed E-state index contributed by atoms with van der Waals surface area (Å²) in [5, 5.41) is 2.63. The molecule has 3 nitrogen and oxygen atoms in total. The van der Waals surface area contributed by atoms with Crippen molar-refractivity contribution in [3.05, 3.63) is 34.2 Å². The number of H-pyrrole nitrogens is 1. The zero-order valence-electron chi connectivity index (χ0n) is 7.39. The maximum absolute atomic E-state index is 13.2. The van der Waals surface area contributed by atoms with Crippen molar-refractivity contribution >= 4 is 0 Å². The number of hydrogen-bond donors (Lipinski definition) is 2. The Morgan fingerprint density at radius 2 is 2.21 bits per heavy atom. The molecule has 2 rings (SSSR count). The van der Waals surface area contributed by atoms with Gasteiger partial charge < -0.3 is 10.3 Å². The molecular weight excluding hydrogens is 190 g/mol. The lowest BCUT2D eigenvalue weighted by atomic mass is 9.97. The molecule has 0 spiro atoms. The summed E-state index contributed by atoms with van der Waals surface area (Å²) in [4.78, 5) is 13.1. The first-order valence-electron chi connectivity index (χ1n) is 4.37. The van der Waals surface area contributed by atoms with Crippen LogP contribution in [0.3, 0.4) is 0 Å². The van der Waals surface area contributed by atoms with E-state index in [0.29, 0.717) is 5.56 Å². The number of aromatic amines is 1. The molecule has 1 fully saturated rings. The van der Waals surface area contributed by atoms with Crippen molar-refractivity contribution in [3.63, 3.8) is 0 Å². The first kappa shape index (κ1) is 9.33. The van der Waals surface area contributed by atoms with E-state index < -0.39 is 11.8 Å². The summed E-state index contributed by atoms with van der Waals surface area (Å²) in [6, 6.07) is 2.72. The molecule has 1 aliphatic rings. The summed E-state index contributed by atoms with van der Waals surface area (Å²) in [5.41, 5.74) is 0.197. The van der Waals surface area contributed by atoms with Gasteiger partial charge in [-0.1, -0.05) is 6.07 Å². The largest absolute Gasteiger partial charge is 0.329 e. The zero-order valence-corrected chi connectivity index (χ0v) is 7.39.